The maximum atomic E-state index is 13.3. The Balaban J connectivity index is 1.57. The molecule has 5 rings (SSSR count). The van der Waals surface area contributed by atoms with E-state index in [2.05, 4.69) is 15.2 Å². The molecule has 2 N–H and O–H groups in total. The SMILES string of the molecule is O=C(O)c1c(N2CCC(C3CCNCC3)CC2)n(Cc2nccs2)c2ccccc2c1=O. The van der Waals surface area contributed by atoms with E-state index in [0.29, 0.717) is 23.7 Å². The van der Waals surface area contributed by atoms with Crippen LogP contribution in [0.25, 0.3) is 10.9 Å². The zero-order chi connectivity index (χ0) is 22.1. The smallest absolute Gasteiger partial charge is 0.343 e. The summed E-state index contributed by atoms with van der Waals surface area (Å²) >= 11 is 1.54. The van der Waals surface area contributed by atoms with Crippen LogP contribution in [0, 0.1) is 11.8 Å². The van der Waals surface area contributed by atoms with E-state index in [1.54, 1.807) is 18.3 Å². The number of fused-ring (bicyclic) bond motifs is 1. The number of thiazole rings is 1. The molecule has 0 atom stereocenters. The summed E-state index contributed by atoms with van der Waals surface area (Å²) in [4.78, 5) is 32.1. The molecule has 2 fully saturated rings. The van der Waals surface area contributed by atoms with Crippen LogP contribution >= 0.6 is 11.3 Å². The molecule has 4 heterocycles. The molecule has 0 bridgehead atoms. The van der Waals surface area contributed by atoms with E-state index in [9.17, 15) is 14.7 Å². The summed E-state index contributed by atoms with van der Waals surface area (Å²) in [5.74, 6) is 0.775. The van der Waals surface area contributed by atoms with Gasteiger partial charge in [0.25, 0.3) is 0 Å². The van der Waals surface area contributed by atoms with Gasteiger partial charge >= 0.3 is 5.97 Å². The van der Waals surface area contributed by atoms with E-state index in [1.165, 1.54) is 24.2 Å². The minimum atomic E-state index is -1.16. The quantitative estimate of drug-likeness (QED) is 0.617. The predicted molar refractivity (Wildman–Crippen MR) is 127 cm³/mol. The van der Waals surface area contributed by atoms with Crippen molar-refractivity contribution in [3.63, 3.8) is 0 Å². The average molecular weight is 453 g/mol. The fourth-order valence-corrected chi connectivity index (χ4v) is 6.04. The van der Waals surface area contributed by atoms with Crippen molar-refractivity contribution in [3.05, 3.63) is 56.6 Å². The van der Waals surface area contributed by atoms with Gasteiger partial charge in [-0.15, -0.1) is 11.3 Å². The molecule has 0 radical (unpaired) electrons. The van der Waals surface area contributed by atoms with Gasteiger partial charge in [0.2, 0.25) is 5.43 Å². The van der Waals surface area contributed by atoms with Crippen molar-refractivity contribution in [2.75, 3.05) is 31.1 Å². The number of piperidine rings is 2. The van der Waals surface area contributed by atoms with Gasteiger partial charge < -0.3 is 19.9 Å². The number of hydrogen-bond donors (Lipinski definition) is 2. The Bertz CT molecular complexity index is 1160. The Morgan fingerprint density at radius 1 is 1.12 bits per heavy atom. The number of nitrogens with one attached hydrogen (secondary N) is 1. The van der Waals surface area contributed by atoms with Gasteiger partial charge in [0.15, 0.2) is 0 Å². The highest BCUT2D eigenvalue weighted by Crippen LogP contribution is 2.34. The Morgan fingerprint density at radius 3 is 2.53 bits per heavy atom. The molecule has 32 heavy (non-hydrogen) atoms. The molecule has 0 spiro atoms. The molecule has 3 aromatic rings. The largest absolute Gasteiger partial charge is 0.477 e. The summed E-state index contributed by atoms with van der Waals surface area (Å²) in [5.41, 5.74) is 0.229. The highest BCUT2D eigenvalue weighted by Gasteiger charge is 2.32. The van der Waals surface area contributed by atoms with Gasteiger partial charge in [-0.25, -0.2) is 9.78 Å². The van der Waals surface area contributed by atoms with Gasteiger partial charge in [-0.05, 0) is 62.7 Å². The van der Waals surface area contributed by atoms with E-state index in [-0.39, 0.29) is 5.56 Å². The van der Waals surface area contributed by atoms with Crippen LogP contribution < -0.4 is 15.6 Å². The Kier molecular flexibility index (Phi) is 5.97. The van der Waals surface area contributed by atoms with Crippen molar-refractivity contribution < 1.29 is 9.90 Å². The molecule has 1 aromatic carbocycles. The van der Waals surface area contributed by atoms with Crippen molar-refractivity contribution in [2.24, 2.45) is 11.8 Å². The molecule has 2 aliphatic rings. The van der Waals surface area contributed by atoms with E-state index in [0.717, 1.165) is 55.5 Å². The summed E-state index contributed by atoms with van der Waals surface area (Å²) in [5, 5.41) is 16.8. The van der Waals surface area contributed by atoms with Crippen molar-refractivity contribution in [1.82, 2.24) is 14.9 Å². The third kappa shape index (κ3) is 3.93. The molecule has 2 aromatic heterocycles. The van der Waals surface area contributed by atoms with Crippen LogP contribution in [-0.2, 0) is 6.54 Å². The molecule has 0 amide bonds. The Labute approximate surface area is 190 Å². The molecule has 2 aliphatic heterocycles. The van der Waals surface area contributed by atoms with Gasteiger partial charge in [-0.2, -0.15) is 0 Å². The maximum absolute atomic E-state index is 13.3. The molecule has 0 aliphatic carbocycles. The topological polar surface area (TPSA) is 87.5 Å². The van der Waals surface area contributed by atoms with E-state index < -0.39 is 11.4 Å². The second-order valence-corrected chi connectivity index (χ2v) is 9.75. The number of carboxylic acid groups (broad SMARTS) is 1. The minimum absolute atomic E-state index is 0.124. The number of rotatable bonds is 5. The van der Waals surface area contributed by atoms with E-state index in [4.69, 9.17) is 0 Å². The van der Waals surface area contributed by atoms with Crippen molar-refractivity contribution in [1.29, 1.82) is 0 Å². The first-order chi connectivity index (χ1) is 15.6. The molecule has 7 nitrogen and oxygen atoms in total. The summed E-state index contributed by atoms with van der Waals surface area (Å²) < 4.78 is 1.99. The second-order valence-electron chi connectivity index (χ2n) is 8.77. The van der Waals surface area contributed by atoms with Crippen LogP contribution in [0.15, 0.2) is 40.6 Å². The zero-order valence-corrected chi connectivity index (χ0v) is 18.8. The van der Waals surface area contributed by atoms with Gasteiger partial charge in [0.1, 0.15) is 16.4 Å². The molecule has 8 heteroatoms. The number of aromatic carboxylic acids is 1. The number of anilines is 1. The summed E-state index contributed by atoms with van der Waals surface area (Å²) in [7, 11) is 0. The van der Waals surface area contributed by atoms with Crippen LogP contribution in [0.5, 0.6) is 0 Å². The number of benzene rings is 1. The summed E-state index contributed by atoms with van der Waals surface area (Å²) in [6.07, 6.45) is 6.25. The lowest BCUT2D eigenvalue weighted by molar-refractivity contribution is 0.0695. The van der Waals surface area contributed by atoms with Crippen LogP contribution in [-0.4, -0.2) is 46.8 Å². The molecular formula is C24H28N4O3S. The normalized spacial score (nSPS) is 18.3. The zero-order valence-electron chi connectivity index (χ0n) is 18.0. The van der Waals surface area contributed by atoms with Gasteiger partial charge in [-0.3, -0.25) is 4.79 Å². The molecular weight excluding hydrogens is 424 g/mol. The van der Waals surface area contributed by atoms with Crippen LogP contribution in [0.4, 0.5) is 5.82 Å². The third-order valence-electron chi connectivity index (χ3n) is 7.03. The first-order valence-electron chi connectivity index (χ1n) is 11.4. The number of hydrogen-bond acceptors (Lipinski definition) is 6. The van der Waals surface area contributed by atoms with Gasteiger partial charge in [0.05, 0.1) is 12.1 Å². The van der Waals surface area contributed by atoms with Crippen molar-refractivity contribution in [2.45, 2.75) is 32.2 Å². The molecule has 0 unspecified atom stereocenters. The fourth-order valence-electron chi connectivity index (χ4n) is 5.43. The number of nitrogens with zero attached hydrogens (tertiary/aromatic N) is 3. The standard InChI is InChI=1S/C24H28N4O3S/c29-22-18-3-1-2-4-19(18)28(15-20-26-11-14-32-20)23(21(22)24(30)31)27-12-7-17(8-13-27)16-5-9-25-10-6-16/h1-4,11,14,16-17,25H,5-10,12-13,15H2,(H,30,31). The van der Waals surface area contributed by atoms with Crippen LogP contribution in [0.3, 0.4) is 0 Å². The molecule has 2 saturated heterocycles. The first-order valence-corrected chi connectivity index (χ1v) is 12.2. The third-order valence-corrected chi connectivity index (χ3v) is 7.79. The number of carboxylic acids is 1. The highest BCUT2D eigenvalue weighted by molar-refractivity contribution is 7.09. The van der Waals surface area contributed by atoms with Gasteiger partial charge in [-0.1, -0.05) is 12.1 Å². The van der Waals surface area contributed by atoms with E-state index in [1.807, 2.05) is 22.1 Å². The average Bonchev–Trinajstić information content (AvgIpc) is 3.34. The lowest BCUT2D eigenvalue weighted by Crippen LogP contribution is -2.42. The number of pyridine rings is 1. The first kappa shape index (κ1) is 21.2. The number of para-hydroxylation sites is 1. The predicted octanol–water partition coefficient (Wildman–Crippen LogP) is 3.42. The number of carbonyl (C=O) groups is 1. The Hall–Kier alpha value is -2.71. The van der Waals surface area contributed by atoms with Gasteiger partial charge in [0, 0.05) is 30.1 Å². The van der Waals surface area contributed by atoms with Crippen molar-refractivity contribution in [3.8, 4) is 0 Å². The maximum Gasteiger partial charge on any atom is 0.343 e. The van der Waals surface area contributed by atoms with Crippen LogP contribution in [0.2, 0.25) is 0 Å². The lowest BCUT2D eigenvalue weighted by atomic mass is 9.79. The highest BCUT2D eigenvalue weighted by atomic mass is 32.1. The lowest BCUT2D eigenvalue weighted by Gasteiger charge is -2.40. The minimum Gasteiger partial charge on any atom is -0.477 e. The molecule has 0 saturated carbocycles. The summed E-state index contributed by atoms with van der Waals surface area (Å²) in [6.45, 7) is 4.16. The second kappa shape index (κ2) is 9.03. The fraction of sp³-hybridized carbons (Fsp3) is 0.458. The van der Waals surface area contributed by atoms with Crippen LogP contribution in [0.1, 0.15) is 41.0 Å². The Morgan fingerprint density at radius 2 is 1.84 bits per heavy atom. The van der Waals surface area contributed by atoms with E-state index >= 15 is 0 Å². The summed E-state index contributed by atoms with van der Waals surface area (Å²) in [6, 6.07) is 7.30. The number of aromatic nitrogens is 2. The van der Waals surface area contributed by atoms with Crippen molar-refractivity contribution >= 4 is 34.0 Å². The monoisotopic (exact) mass is 452 g/mol. The molecule has 168 valence electrons.